The van der Waals surface area contributed by atoms with Crippen LogP contribution < -0.4 is 5.32 Å². The first-order chi connectivity index (χ1) is 10.2. The predicted octanol–water partition coefficient (Wildman–Crippen LogP) is 3.31. The van der Waals surface area contributed by atoms with Gasteiger partial charge in [-0.15, -0.1) is 0 Å². The first-order valence-electron chi connectivity index (χ1n) is 7.70. The second-order valence-corrected chi connectivity index (χ2v) is 5.84. The Morgan fingerprint density at radius 2 is 2.05 bits per heavy atom. The summed E-state index contributed by atoms with van der Waals surface area (Å²) in [6.45, 7) is 5.08. The fourth-order valence-corrected chi connectivity index (χ4v) is 2.75. The lowest BCUT2D eigenvalue weighted by Crippen LogP contribution is -2.18. The van der Waals surface area contributed by atoms with Crippen molar-refractivity contribution in [3.8, 4) is 5.69 Å². The van der Waals surface area contributed by atoms with Crippen LogP contribution in [0.2, 0.25) is 0 Å². The van der Waals surface area contributed by atoms with Crippen LogP contribution in [0.1, 0.15) is 36.2 Å². The van der Waals surface area contributed by atoms with Crippen LogP contribution in [-0.2, 0) is 6.42 Å². The summed E-state index contributed by atoms with van der Waals surface area (Å²) in [4.78, 5) is 0. The Balaban J connectivity index is 1.74. The molecule has 1 aromatic heterocycles. The molecule has 0 amide bonds. The summed E-state index contributed by atoms with van der Waals surface area (Å²) in [5, 5.41) is 8.05. The zero-order valence-electron chi connectivity index (χ0n) is 12.7. The van der Waals surface area contributed by atoms with Crippen molar-refractivity contribution in [2.75, 3.05) is 6.54 Å². The number of halogens is 1. The Kier molecular flexibility index (Phi) is 4.06. The molecule has 0 bridgehead atoms. The Morgan fingerprint density at radius 1 is 1.29 bits per heavy atom. The minimum atomic E-state index is -0.231. The van der Waals surface area contributed by atoms with Gasteiger partial charge >= 0.3 is 0 Å². The van der Waals surface area contributed by atoms with Crippen LogP contribution in [-0.4, -0.2) is 22.4 Å². The van der Waals surface area contributed by atoms with Crippen LogP contribution in [0.15, 0.2) is 24.3 Å². The molecule has 0 unspecified atom stereocenters. The van der Waals surface area contributed by atoms with Crippen LogP contribution in [0.4, 0.5) is 4.39 Å². The fourth-order valence-electron chi connectivity index (χ4n) is 2.75. The van der Waals surface area contributed by atoms with E-state index in [9.17, 15) is 4.39 Å². The zero-order chi connectivity index (χ0) is 14.8. The van der Waals surface area contributed by atoms with Crippen LogP contribution in [0.3, 0.4) is 0 Å². The molecule has 3 rings (SSSR count). The molecular formula is C17H22FN3. The van der Waals surface area contributed by atoms with E-state index in [1.54, 1.807) is 16.8 Å². The second-order valence-electron chi connectivity index (χ2n) is 5.84. The molecule has 2 aromatic rings. The van der Waals surface area contributed by atoms with E-state index in [1.807, 2.05) is 19.9 Å². The highest BCUT2D eigenvalue weighted by Gasteiger charge is 2.20. The molecule has 0 spiro atoms. The van der Waals surface area contributed by atoms with E-state index in [4.69, 9.17) is 0 Å². The maximum Gasteiger partial charge on any atom is 0.148 e. The molecular weight excluding hydrogens is 265 g/mol. The van der Waals surface area contributed by atoms with Gasteiger partial charge in [-0.2, -0.15) is 5.10 Å². The van der Waals surface area contributed by atoms with Gasteiger partial charge in [-0.05, 0) is 63.8 Å². The molecule has 3 nitrogen and oxygen atoms in total. The van der Waals surface area contributed by atoms with E-state index < -0.39 is 0 Å². The van der Waals surface area contributed by atoms with Crippen LogP contribution in [0.5, 0.6) is 0 Å². The van der Waals surface area contributed by atoms with Gasteiger partial charge in [0.25, 0.3) is 0 Å². The van der Waals surface area contributed by atoms with Crippen molar-refractivity contribution in [1.29, 1.82) is 0 Å². The normalized spacial score (nSPS) is 14.6. The number of hydrogen-bond donors (Lipinski definition) is 1. The van der Waals surface area contributed by atoms with Crippen molar-refractivity contribution in [1.82, 2.24) is 15.1 Å². The monoisotopic (exact) mass is 287 g/mol. The van der Waals surface area contributed by atoms with Gasteiger partial charge in [0.1, 0.15) is 11.5 Å². The van der Waals surface area contributed by atoms with Crippen LogP contribution >= 0.6 is 0 Å². The number of benzene rings is 1. The first kappa shape index (κ1) is 14.3. The Bertz CT molecular complexity index is 629. The Labute approximate surface area is 125 Å². The second kappa shape index (κ2) is 5.98. The third kappa shape index (κ3) is 3.16. The molecule has 0 aliphatic heterocycles. The standard InChI is InChI=1S/C17H22FN3/c1-12-15(6-5-11-19-14-9-10-14)13(2)21(20-12)17-8-4-3-7-16(17)18/h3-4,7-8,14,19H,5-6,9-11H2,1-2H3. The molecule has 1 heterocycles. The van der Waals surface area contributed by atoms with Gasteiger partial charge in [-0.3, -0.25) is 0 Å². The minimum absolute atomic E-state index is 0.231. The Hall–Kier alpha value is -1.68. The third-order valence-electron chi connectivity index (χ3n) is 4.14. The van der Waals surface area contributed by atoms with E-state index in [0.717, 1.165) is 36.8 Å². The summed E-state index contributed by atoms with van der Waals surface area (Å²) in [5.41, 5.74) is 3.82. The largest absolute Gasteiger partial charge is 0.314 e. The number of aryl methyl sites for hydroxylation is 1. The highest BCUT2D eigenvalue weighted by molar-refractivity contribution is 5.38. The van der Waals surface area contributed by atoms with Crippen molar-refractivity contribution in [2.45, 2.75) is 45.6 Å². The van der Waals surface area contributed by atoms with Gasteiger partial charge in [0.15, 0.2) is 0 Å². The highest BCUT2D eigenvalue weighted by Crippen LogP contribution is 2.22. The number of hydrogen-bond acceptors (Lipinski definition) is 2. The molecule has 21 heavy (non-hydrogen) atoms. The summed E-state index contributed by atoms with van der Waals surface area (Å²) in [6, 6.07) is 7.55. The summed E-state index contributed by atoms with van der Waals surface area (Å²) in [5.74, 6) is -0.231. The van der Waals surface area contributed by atoms with Gasteiger partial charge in [-0.1, -0.05) is 12.1 Å². The van der Waals surface area contributed by atoms with Crippen molar-refractivity contribution >= 4 is 0 Å². The van der Waals surface area contributed by atoms with Crippen molar-refractivity contribution in [2.24, 2.45) is 0 Å². The van der Waals surface area contributed by atoms with Crippen molar-refractivity contribution in [3.05, 3.63) is 47.0 Å². The van der Waals surface area contributed by atoms with Gasteiger partial charge in [0.2, 0.25) is 0 Å². The van der Waals surface area contributed by atoms with E-state index in [-0.39, 0.29) is 5.82 Å². The summed E-state index contributed by atoms with van der Waals surface area (Å²) >= 11 is 0. The van der Waals surface area contributed by atoms with E-state index in [0.29, 0.717) is 5.69 Å². The minimum Gasteiger partial charge on any atom is -0.314 e. The van der Waals surface area contributed by atoms with Gasteiger partial charge in [0.05, 0.1) is 5.69 Å². The summed E-state index contributed by atoms with van der Waals surface area (Å²) < 4.78 is 15.7. The lowest BCUT2D eigenvalue weighted by atomic mass is 10.1. The molecule has 0 radical (unpaired) electrons. The average Bonchev–Trinajstić information content (AvgIpc) is 3.24. The Morgan fingerprint density at radius 3 is 2.76 bits per heavy atom. The zero-order valence-corrected chi connectivity index (χ0v) is 12.7. The number of nitrogens with zero attached hydrogens (tertiary/aromatic N) is 2. The number of aromatic nitrogens is 2. The highest BCUT2D eigenvalue weighted by atomic mass is 19.1. The van der Waals surface area contributed by atoms with Crippen molar-refractivity contribution in [3.63, 3.8) is 0 Å². The lowest BCUT2D eigenvalue weighted by molar-refractivity contribution is 0.607. The first-order valence-corrected chi connectivity index (χ1v) is 7.70. The summed E-state index contributed by atoms with van der Waals surface area (Å²) in [7, 11) is 0. The molecule has 1 N–H and O–H groups in total. The molecule has 1 aliphatic rings. The smallest absolute Gasteiger partial charge is 0.148 e. The number of para-hydroxylation sites is 1. The molecule has 0 atom stereocenters. The molecule has 1 aromatic carbocycles. The predicted molar refractivity (Wildman–Crippen MR) is 82.3 cm³/mol. The summed E-state index contributed by atoms with van der Waals surface area (Å²) in [6.07, 6.45) is 4.74. The molecule has 4 heteroatoms. The van der Waals surface area contributed by atoms with Crippen LogP contribution in [0.25, 0.3) is 5.69 Å². The van der Waals surface area contributed by atoms with E-state index >= 15 is 0 Å². The molecule has 1 fully saturated rings. The van der Waals surface area contributed by atoms with E-state index in [2.05, 4.69) is 10.4 Å². The maximum absolute atomic E-state index is 13.9. The SMILES string of the molecule is Cc1nn(-c2ccccc2F)c(C)c1CCCNC1CC1. The van der Waals surface area contributed by atoms with Gasteiger partial charge in [-0.25, -0.2) is 9.07 Å². The van der Waals surface area contributed by atoms with Gasteiger partial charge < -0.3 is 5.32 Å². The third-order valence-corrected chi connectivity index (χ3v) is 4.14. The molecule has 112 valence electrons. The fraction of sp³-hybridized carbons (Fsp3) is 0.471. The molecule has 1 saturated carbocycles. The van der Waals surface area contributed by atoms with E-state index in [1.165, 1.54) is 24.5 Å². The quantitative estimate of drug-likeness (QED) is 0.826. The van der Waals surface area contributed by atoms with Gasteiger partial charge in [0, 0.05) is 11.7 Å². The number of rotatable bonds is 6. The van der Waals surface area contributed by atoms with Crippen LogP contribution in [0, 0.1) is 19.7 Å². The lowest BCUT2D eigenvalue weighted by Gasteiger charge is -2.07. The topological polar surface area (TPSA) is 29.9 Å². The molecule has 0 saturated heterocycles. The molecule has 1 aliphatic carbocycles. The van der Waals surface area contributed by atoms with Crippen molar-refractivity contribution < 1.29 is 4.39 Å². The average molecular weight is 287 g/mol. The maximum atomic E-state index is 13.9. The number of nitrogens with one attached hydrogen (secondary N) is 1.